The van der Waals surface area contributed by atoms with Gasteiger partial charge in [-0.2, -0.15) is 0 Å². The summed E-state index contributed by atoms with van der Waals surface area (Å²) >= 11 is 0. The quantitative estimate of drug-likeness (QED) is 0.780. The summed E-state index contributed by atoms with van der Waals surface area (Å²) in [6.45, 7) is 0.395. The van der Waals surface area contributed by atoms with Gasteiger partial charge in [0.15, 0.2) is 0 Å². The molecule has 0 heterocycles. The van der Waals surface area contributed by atoms with Crippen LogP contribution in [-0.4, -0.2) is 63.6 Å². The fraction of sp³-hybridized carbons (Fsp3) is 0.429. The lowest BCUT2D eigenvalue weighted by molar-refractivity contribution is 0.106. The number of nitrogens with one attached hydrogen (secondary N) is 2. The van der Waals surface area contributed by atoms with Gasteiger partial charge in [-0.1, -0.05) is 0 Å². The minimum Gasteiger partial charge on any atom is -0.433 e. The van der Waals surface area contributed by atoms with Gasteiger partial charge in [-0.3, -0.25) is 20.4 Å². The van der Waals surface area contributed by atoms with Crippen molar-refractivity contribution in [2.45, 2.75) is 0 Å². The Hall–Kier alpha value is -2.32. The van der Waals surface area contributed by atoms with E-state index in [0.717, 1.165) is 0 Å². The molecule has 0 aliphatic rings. The maximum atomic E-state index is 11.5. The third kappa shape index (κ3) is 7.46. The Morgan fingerprint density at radius 2 is 1.14 bits per heavy atom. The van der Waals surface area contributed by atoms with Gasteiger partial charge in [0.05, 0.1) is 0 Å². The van der Waals surface area contributed by atoms with Crippen molar-refractivity contribution in [1.82, 2.24) is 9.80 Å². The van der Waals surface area contributed by atoms with Crippen LogP contribution < -0.4 is 10.6 Å². The Bertz CT molecular complexity index is 443. The van der Waals surface area contributed by atoms with Crippen molar-refractivity contribution in [3.8, 4) is 0 Å². The molecule has 2 amide bonds. The van der Waals surface area contributed by atoms with Gasteiger partial charge in [0.1, 0.15) is 13.5 Å². The highest BCUT2D eigenvalue weighted by Gasteiger charge is 2.06. The normalized spacial score (nSPS) is 10.5. The summed E-state index contributed by atoms with van der Waals surface area (Å²) in [6.07, 6.45) is -1.08. The van der Waals surface area contributed by atoms with Crippen molar-refractivity contribution in [2.24, 2.45) is 0 Å². The molecular weight excluding hydrogens is 288 g/mol. The van der Waals surface area contributed by atoms with E-state index in [2.05, 4.69) is 10.6 Å². The number of anilines is 2. The van der Waals surface area contributed by atoms with Crippen LogP contribution in [0.3, 0.4) is 0 Å². The lowest BCUT2D eigenvalue weighted by atomic mass is 10.3. The maximum Gasteiger partial charge on any atom is 0.412 e. The van der Waals surface area contributed by atoms with E-state index in [1.165, 1.54) is 0 Å². The van der Waals surface area contributed by atoms with Crippen molar-refractivity contribution in [1.29, 1.82) is 0 Å². The second kappa shape index (κ2) is 8.85. The minimum absolute atomic E-state index is 0.198. The molecule has 22 heavy (non-hydrogen) atoms. The second-order valence-electron chi connectivity index (χ2n) is 5.11. The Balaban J connectivity index is 2.42. The summed E-state index contributed by atoms with van der Waals surface area (Å²) in [5, 5.41) is 5.16. The first-order valence-corrected chi connectivity index (χ1v) is 6.64. The van der Waals surface area contributed by atoms with E-state index < -0.39 is 12.2 Å². The summed E-state index contributed by atoms with van der Waals surface area (Å²) in [6, 6.07) is 6.61. The van der Waals surface area contributed by atoms with E-state index >= 15 is 0 Å². The van der Waals surface area contributed by atoms with Crippen molar-refractivity contribution in [2.75, 3.05) is 52.3 Å². The molecule has 0 spiro atoms. The molecule has 0 saturated carbocycles. The zero-order valence-electron chi connectivity index (χ0n) is 13.3. The number of rotatable bonds is 6. The summed E-state index contributed by atoms with van der Waals surface area (Å²) in [5.74, 6) is 0. The van der Waals surface area contributed by atoms with E-state index in [1.54, 1.807) is 62.3 Å². The summed E-state index contributed by atoms with van der Waals surface area (Å²) in [5.41, 5.74) is 1.13. The van der Waals surface area contributed by atoms with Gasteiger partial charge in [-0.15, -0.1) is 0 Å². The predicted molar refractivity (Wildman–Crippen MR) is 83.8 cm³/mol. The van der Waals surface area contributed by atoms with Gasteiger partial charge in [0.2, 0.25) is 0 Å². The molecule has 0 atom stereocenters. The first-order valence-electron chi connectivity index (χ1n) is 6.64. The zero-order valence-corrected chi connectivity index (χ0v) is 13.3. The number of ether oxygens (including phenoxy) is 2. The number of amides is 2. The van der Waals surface area contributed by atoms with Crippen molar-refractivity contribution >= 4 is 23.6 Å². The van der Waals surface area contributed by atoms with E-state index in [9.17, 15) is 9.59 Å². The number of hydrogen-bond donors (Lipinski definition) is 2. The Kier molecular flexibility index (Phi) is 7.14. The average molecular weight is 310 g/mol. The number of carbonyl (C=O) groups excluding carboxylic acids is 2. The van der Waals surface area contributed by atoms with Crippen LogP contribution in [0.5, 0.6) is 0 Å². The second-order valence-corrected chi connectivity index (χ2v) is 5.11. The van der Waals surface area contributed by atoms with Crippen LogP contribution in [0.1, 0.15) is 0 Å². The largest absolute Gasteiger partial charge is 0.433 e. The number of nitrogens with zero attached hydrogens (tertiary/aromatic N) is 2. The average Bonchev–Trinajstić information content (AvgIpc) is 2.45. The molecular formula is C14H22N4O4. The van der Waals surface area contributed by atoms with E-state index in [4.69, 9.17) is 9.47 Å². The molecule has 0 saturated heterocycles. The van der Waals surface area contributed by atoms with Gasteiger partial charge < -0.3 is 9.47 Å². The van der Waals surface area contributed by atoms with Crippen LogP contribution >= 0.6 is 0 Å². The molecule has 8 nitrogen and oxygen atoms in total. The lowest BCUT2D eigenvalue weighted by Crippen LogP contribution is -2.23. The van der Waals surface area contributed by atoms with Gasteiger partial charge in [0, 0.05) is 11.4 Å². The van der Waals surface area contributed by atoms with E-state index in [-0.39, 0.29) is 13.5 Å². The lowest BCUT2D eigenvalue weighted by Gasteiger charge is -2.12. The minimum atomic E-state index is -0.542. The van der Waals surface area contributed by atoms with Crippen LogP contribution in [0.2, 0.25) is 0 Å². The van der Waals surface area contributed by atoms with Crippen LogP contribution in [-0.2, 0) is 9.47 Å². The first kappa shape index (κ1) is 17.7. The Morgan fingerprint density at radius 3 is 1.41 bits per heavy atom. The van der Waals surface area contributed by atoms with Crippen LogP contribution in [0, 0.1) is 0 Å². The first-order chi connectivity index (χ1) is 10.4. The van der Waals surface area contributed by atoms with Crippen LogP contribution in [0.15, 0.2) is 24.3 Å². The third-order valence-electron chi connectivity index (χ3n) is 2.29. The van der Waals surface area contributed by atoms with Gasteiger partial charge >= 0.3 is 12.2 Å². The highest BCUT2D eigenvalue weighted by Crippen LogP contribution is 2.14. The zero-order chi connectivity index (χ0) is 16.5. The highest BCUT2D eigenvalue weighted by atomic mass is 16.6. The maximum absolute atomic E-state index is 11.5. The van der Waals surface area contributed by atoms with Crippen molar-refractivity contribution in [3.63, 3.8) is 0 Å². The fourth-order valence-corrected chi connectivity index (χ4v) is 1.32. The summed E-state index contributed by atoms with van der Waals surface area (Å²) < 4.78 is 9.88. The molecule has 1 aromatic rings. The molecule has 0 unspecified atom stereocenters. The van der Waals surface area contributed by atoms with Crippen molar-refractivity contribution < 1.29 is 19.1 Å². The molecule has 1 aromatic carbocycles. The number of benzene rings is 1. The fourth-order valence-electron chi connectivity index (χ4n) is 1.32. The highest BCUT2D eigenvalue weighted by molar-refractivity contribution is 5.87. The monoisotopic (exact) mass is 310 g/mol. The summed E-state index contributed by atoms with van der Waals surface area (Å²) in [7, 11) is 7.18. The number of carbonyl (C=O) groups is 2. The van der Waals surface area contributed by atoms with E-state index in [0.29, 0.717) is 11.4 Å². The summed E-state index contributed by atoms with van der Waals surface area (Å²) in [4.78, 5) is 26.4. The third-order valence-corrected chi connectivity index (χ3v) is 2.29. The Labute approximate surface area is 130 Å². The van der Waals surface area contributed by atoms with Gasteiger partial charge in [0.25, 0.3) is 0 Å². The molecule has 8 heteroatoms. The van der Waals surface area contributed by atoms with Gasteiger partial charge in [-0.25, -0.2) is 9.59 Å². The molecule has 1 rings (SSSR count). The molecule has 2 N–H and O–H groups in total. The molecule has 0 bridgehead atoms. The molecule has 0 aliphatic heterocycles. The van der Waals surface area contributed by atoms with Crippen LogP contribution in [0.4, 0.5) is 21.0 Å². The molecule has 0 aromatic heterocycles. The Morgan fingerprint density at radius 1 is 0.818 bits per heavy atom. The smallest absolute Gasteiger partial charge is 0.412 e. The molecule has 0 fully saturated rings. The molecule has 0 aliphatic carbocycles. The van der Waals surface area contributed by atoms with Crippen molar-refractivity contribution in [3.05, 3.63) is 24.3 Å². The predicted octanol–water partition coefficient (Wildman–Crippen LogP) is 1.82. The molecule has 122 valence electrons. The standard InChI is InChI=1S/C14H22N4O4/c1-17(2)9-21-13(19)15-11-5-7-12(8-6-11)16-14(20)22-10-18(3)4/h5-8H,9-10H2,1-4H3,(H,15,19)(H,16,20). The van der Waals surface area contributed by atoms with E-state index in [1.807, 2.05) is 0 Å². The SMILES string of the molecule is CN(C)COC(=O)Nc1ccc(NC(=O)OCN(C)C)cc1. The molecule has 0 radical (unpaired) electrons. The topological polar surface area (TPSA) is 83.1 Å². The number of hydrogen-bond acceptors (Lipinski definition) is 6. The van der Waals surface area contributed by atoms with Crippen LogP contribution in [0.25, 0.3) is 0 Å². The van der Waals surface area contributed by atoms with Gasteiger partial charge in [-0.05, 0) is 52.5 Å².